The summed E-state index contributed by atoms with van der Waals surface area (Å²) >= 11 is 0. The molecule has 9 nitrogen and oxygen atoms in total. The Morgan fingerprint density at radius 1 is 1.10 bits per heavy atom. The van der Waals surface area contributed by atoms with Gasteiger partial charge in [-0.05, 0) is 49.2 Å². The maximum Gasteiger partial charge on any atom is 0.331 e. The van der Waals surface area contributed by atoms with E-state index in [0.717, 1.165) is 59.6 Å². The van der Waals surface area contributed by atoms with E-state index in [1.165, 1.54) is 11.9 Å². The lowest BCUT2D eigenvalue weighted by molar-refractivity contribution is -0.180. The van der Waals surface area contributed by atoms with E-state index in [2.05, 4.69) is 17.2 Å². The molecule has 0 saturated carbocycles. The number of nitrogens with zero attached hydrogens (tertiary/aromatic N) is 2. The zero-order chi connectivity index (χ0) is 29.2. The minimum atomic E-state index is -0.651. The molecular weight excluding hydrogens is 522 g/mol. The van der Waals surface area contributed by atoms with E-state index >= 15 is 0 Å². The van der Waals surface area contributed by atoms with Crippen molar-refractivity contribution in [1.29, 1.82) is 0 Å². The number of nitrogens with one attached hydrogen (secondary N) is 1. The van der Waals surface area contributed by atoms with Crippen LogP contribution in [0.2, 0.25) is 0 Å². The van der Waals surface area contributed by atoms with Crippen LogP contribution in [0.5, 0.6) is 5.75 Å². The lowest BCUT2D eigenvalue weighted by atomic mass is 10.0. The fourth-order valence-electron chi connectivity index (χ4n) is 4.78. The van der Waals surface area contributed by atoms with E-state index in [0.29, 0.717) is 38.5 Å². The van der Waals surface area contributed by atoms with Crippen molar-refractivity contribution in [2.45, 2.75) is 64.4 Å². The predicted molar refractivity (Wildman–Crippen MR) is 157 cm³/mol. The number of carbonyl (C=O) groups excluding carboxylic acids is 2. The van der Waals surface area contributed by atoms with Crippen LogP contribution >= 0.6 is 0 Å². The Balaban J connectivity index is 1.03. The van der Waals surface area contributed by atoms with Crippen molar-refractivity contribution in [2.24, 2.45) is 0 Å². The first kappa shape index (κ1) is 30.5. The van der Waals surface area contributed by atoms with E-state index < -0.39 is 11.9 Å². The van der Waals surface area contributed by atoms with Crippen LogP contribution in [0.15, 0.2) is 42.5 Å². The number of urea groups is 1. The molecule has 1 atom stereocenters. The van der Waals surface area contributed by atoms with Crippen LogP contribution in [0, 0.1) is 11.8 Å². The van der Waals surface area contributed by atoms with Gasteiger partial charge in [0.25, 0.3) is 0 Å². The lowest BCUT2D eigenvalue weighted by Crippen LogP contribution is -2.36. The first-order valence-corrected chi connectivity index (χ1v) is 14.3. The van der Waals surface area contributed by atoms with Crippen LogP contribution in [0.25, 0.3) is 0 Å². The van der Waals surface area contributed by atoms with Crippen molar-refractivity contribution in [3.8, 4) is 17.6 Å². The summed E-state index contributed by atoms with van der Waals surface area (Å²) in [5.74, 6) is 6.14. The number of fused-ring (bicyclic) bond motifs is 1. The molecule has 2 aliphatic heterocycles. The van der Waals surface area contributed by atoms with E-state index in [9.17, 15) is 14.7 Å². The van der Waals surface area contributed by atoms with Crippen molar-refractivity contribution in [2.75, 3.05) is 44.8 Å². The number of carbonyl (C=O) groups is 2. The van der Waals surface area contributed by atoms with Crippen molar-refractivity contribution in [3.63, 3.8) is 0 Å². The maximum atomic E-state index is 12.2. The number of anilines is 1. The highest BCUT2D eigenvalue weighted by molar-refractivity contribution is 6.11. The van der Waals surface area contributed by atoms with Crippen LogP contribution in [0.4, 0.5) is 10.5 Å². The number of ether oxygens (including phenoxy) is 3. The van der Waals surface area contributed by atoms with Gasteiger partial charge in [-0.3, -0.25) is 14.6 Å². The minimum absolute atomic E-state index is 0.0562. The Morgan fingerprint density at radius 3 is 2.71 bits per heavy atom. The lowest BCUT2D eigenvalue weighted by Gasteiger charge is -2.34. The summed E-state index contributed by atoms with van der Waals surface area (Å²) in [7, 11) is 1.49. The highest BCUT2D eigenvalue weighted by Gasteiger charge is 2.34. The predicted octanol–water partition coefficient (Wildman–Crippen LogP) is 4.37. The molecule has 1 saturated heterocycles. The summed E-state index contributed by atoms with van der Waals surface area (Å²) in [6.07, 6.45) is 4.24. The summed E-state index contributed by atoms with van der Waals surface area (Å²) in [6.45, 7) is 6.88. The Hall–Kier alpha value is -3.42. The topological polar surface area (TPSA) is 101 Å². The number of aliphatic hydroxyl groups excluding tert-OH is 1. The number of aliphatic hydroxyl groups is 1. The molecule has 2 aromatic carbocycles. The second-order valence-corrected chi connectivity index (χ2v) is 10.8. The van der Waals surface area contributed by atoms with Crippen LogP contribution < -0.4 is 15.0 Å². The summed E-state index contributed by atoms with van der Waals surface area (Å²) in [6, 6.07) is 12.8. The van der Waals surface area contributed by atoms with Gasteiger partial charge in [0.05, 0.1) is 19.3 Å². The Kier molecular flexibility index (Phi) is 10.8. The van der Waals surface area contributed by atoms with Gasteiger partial charge in [-0.2, -0.15) is 0 Å². The molecule has 3 amide bonds. The fourth-order valence-corrected chi connectivity index (χ4v) is 4.78. The highest BCUT2D eigenvalue weighted by Crippen LogP contribution is 2.35. The molecule has 2 N–H and O–H groups in total. The van der Waals surface area contributed by atoms with Crippen LogP contribution in [0.1, 0.15) is 68.7 Å². The molecule has 0 radical (unpaired) electrons. The molecule has 2 aromatic rings. The molecule has 0 bridgehead atoms. The summed E-state index contributed by atoms with van der Waals surface area (Å²) in [5.41, 5.74) is 3.24. The number of hydrogen-bond donors (Lipinski definition) is 2. The fraction of sp³-hybridized carbons (Fsp3) is 0.500. The summed E-state index contributed by atoms with van der Waals surface area (Å²) < 4.78 is 17.4. The van der Waals surface area contributed by atoms with Gasteiger partial charge >= 0.3 is 6.03 Å². The number of imide groups is 1. The normalized spacial score (nSPS) is 16.7. The smallest absolute Gasteiger partial charge is 0.331 e. The van der Waals surface area contributed by atoms with Gasteiger partial charge in [0.15, 0.2) is 0 Å². The molecule has 0 aliphatic carbocycles. The maximum absolute atomic E-state index is 12.2. The monoisotopic (exact) mass is 563 g/mol. The van der Waals surface area contributed by atoms with Gasteiger partial charge in [-0.1, -0.05) is 42.9 Å². The van der Waals surface area contributed by atoms with Crippen LogP contribution in [0.3, 0.4) is 0 Å². The molecule has 0 spiro atoms. The van der Waals surface area contributed by atoms with Gasteiger partial charge in [0, 0.05) is 57.3 Å². The van der Waals surface area contributed by atoms with Crippen molar-refractivity contribution in [3.05, 3.63) is 59.2 Å². The number of hydrogen-bond acceptors (Lipinski definition) is 7. The van der Waals surface area contributed by atoms with E-state index in [4.69, 9.17) is 14.2 Å². The molecule has 4 rings (SSSR count). The van der Waals surface area contributed by atoms with E-state index in [-0.39, 0.29) is 18.5 Å². The molecular formula is C32H41N3O6. The molecule has 0 unspecified atom stereocenters. The molecule has 9 heteroatoms. The SMILES string of the molecule is CN1C(=O)CN(c2cccc(C#CCCOCCCCCCNC[C@H](O)c3cccc4c3COC(C)(C)O4)c2)C1=O. The first-order chi connectivity index (χ1) is 19.7. The zero-order valence-corrected chi connectivity index (χ0v) is 24.3. The molecule has 41 heavy (non-hydrogen) atoms. The number of rotatable bonds is 13. The van der Waals surface area contributed by atoms with Crippen LogP contribution in [-0.2, 0) is 20.9 Å². The van der Waals surface area contributed by atoms with Crippen molar-refractivity contribution < 1.29 is 28.9 Å². The van der Waals surface area contributed by atoms with Crippen LogP contribution in [-0.4, -0.2) is 67.6 Å². The Morgan fingerprint density at radius 2 is 1.90 bits per heavy atom. The van der Waals surface area contributed by atoms with Crippen molar-refractivity contribution >= 4 is 17.6 Å². The molecule has 2 heterocycles. The first-order valence-electron chi connectivity index (χ1n) is 14.3. The molecule has 220 valence electrons. The molecule has 0 aromatic heterocycles. The Bertz CT molecular complexity index is 1270. The largest absolute Gasteiger partial charge is 0.463 e. The molecule has 1 fully saturated rings. The van der Waals surface area contributed by atoms with Gasteiger partial charge in [-0.15, -0.1) is 0 Å². The number of benzene rings is 2. The van der Waals surface area contributed by atoms with Gasteiger partial charge in [0.2, 0.25) is 11.7 Å². The average molecular weight is 564 g/mol. The quantitative estimate of drug-likeness (QED) is 0.212. The third-order valence-electron chi connectivity index (χ3n) is 7.13. The molecule has 2 aliphatic rings. The van der Waals surface area contributed by atoms with Gasteiger partial charge in [0.1, 0.15) is 12.3 Å². The average Bonchev–Trinajstić information content (AvgIpc) is 3.21. The Labute approximate surface area is 242 Å². The third-order valence-corrected chi connectivity index (χ3v) is 7.13. The number of unbranched alkanes of at least 4 members (excludes halogenated alkanes) is 3. The third kappa shape index (κ3) is 8.54. The van der Waals surface area contributed by atoms with E-state index in [1.807, 2.05) is 50.2 Å². The van der Waals surface area contributed by atoms with Gasteiger partial charge < -0.3 is 24.6 Å². The number of likely N-dealkylation sites (N-methyl/N-ethyl adjacent to an activating group) is 1. The second-order valence-electron chi connectivity index (χ2n) is 10.8. The summed E-state index contributed by atoms with van der Waals surface area (Å²) in [5, 5.41) is 14.0. The van der Waals surface area contributed by atoms with Gasteiger partial charge in [-0.25, -0.2) is 4.79 Å². The standard InChI is InChI=1S/C32H41N3O6/c1-32(2)40-23-27-26(15-11-16-29(27)41-32)28(36)21-33-17-7-4-5-8-18-39-19-9-6-12-24-13-10-14-25(20-24)35-22-30(37)34(3)31(35)38/h10-11,13-16,20,28,33,36H,4-5,7-9,17-19,21-23H2,1-3H3/t28-/m0/s1. The highest BCUT2D eigenvalue weighted by atomic mass is 16.7. The van der Waals surface area contributed by atoms with E-state index in [1.54, 1.807) is 6.07 Å². The van der Waals surface area contributed by atoms with Crippen molar-refractivity contribution in [1.82, 2.24) is 10.2 Å². The second kappa shape index (κ2) is 14.5. The number of amides is 3. The zero-order valence-electron chi connectivity index (χ0n) is 24.3. The summed E-state index contributed by atoms with van der Waals surface area (Å²) in [4.78, 5) is 26.5. The minimum Gasteiger partial charge on any atom is -0.463 e.